The maximum absolute atomic E-state index is 11.0. The van der Waals surface area contributed by atoms with E-state index >= 15 is 0 Å². The molecule has 6 rings (SSSR count). The summed E-state index contributed by atoms with van der Waals surface area (Å²) in [5, 5.41) is 19.4. The summed E-state index contributed by atoms with van der Waals surface area (Å²) in [6.07, 6.45) is 12.3. The first-order chi connectivity index (χ1) is 19.2. The number of aliphatic hydroxyl groups is 1. The number of aryl methyl sites for hydroxylation is 1. The topological polar surface area (TPSA) is 94.4 Å². The van der Waals surface area contributed by atoms with Gasteiger partial charge < -0.3 is 15.4 Å². The summed E-state index contributed by atoms with van der Waals surface area (Å²) in [7, 11) is 3.97. The van der Waals surface area contributed by atoms with Crippen LogP contribution in [0.2, 0.25) is 0 Å². The summed E-state index contributed by atoms with van der Waals surface area (Å²) < 4.78 is 1.88. The van der Waals surface area contributed by atoms with E-state index in [1.807, 2.05) is 23.5 Å². The van der Waals surface area contributed by atoms with Gasteiger partial charge >= 0.3 is 0 Å². The van der Waals surface area contributed by atoms with Crippen LogP contribution in [0.4, 0.5) is 0 Å². The number of fused-ring (bicyclic) bond motifs is 2. The standard InChI is InChI=1S/C32H45N7O/c1-19(2)27-28(24-17-39-30(33-18-34-39)21(4)20(24)3)36-26-14-13-25(35-29(26)27)22-9-11-23(12-10-22)37-32(15-7-8-16-32)31(40)38(5)6/h13-14,17-19,22-23,31,36-37,40H,7-12,15-16H2,1-6H3. The number of aliphatic hydroxyl groups excluding tert-OH is 1. The lowest BCUT2D eigenvalue weighted by Gasteiger charge is -2.43. The van der Waals surface area contributed by atoms with Gasteiger partial charge in [0.1, 0.15) is 12.6 Å². The third-order valence-electron chi connectivity index (χ3n) is 9.79. The lowest BCUT2D eigenvalue weighted by molar-refractivity contribution is -0.0457. The van der Waals surface area contributed by atoms with Gasteiger partial charge in [0.25, 0.3) is 0 Å². The first-order valence-corrected chi connectivity index (χ1v) is 15.1. The van der Waals surface area contributed by atoms with Crippen molar-refractivity contribution in [3.05, 3.63) is 47.0 Å². The Morgan fingerprint density at radius 1 is 1.07 bits per heavy atom. The average molecular weight is 544 g/mol. The monoisotopic (exact) mass is 543 g/mol. The van der Waals surface area contributed by atoms with E-state index in [9.17, 15) is 5.11 Å². The minimum atomic E-state index is -0.438. The molecule has 2 aliphatic carbocycles. The van der Waals surface area contributed by atoms with Crippen molar-refractivity contribution in [2.24, 2.45) is 0 Å². The number of pyridine rings is 2. The van der Waals surface area contributed by atoms with E-state index in [2.05, 4.69) is 66.4 Å². The van der Waals surface area contributed by atoms with Gasteiger partial charge in [0.2, 0.25) is 0 Å². The highest BCUT2D eigenvalue weighted by Crippen LogP contribution is 2.40. The summed E-state index contributed by atoms with van der Waals surface area (Å²) in [6.45, 7) is 8.81. The van der Waals surface area contributed by atoms with Crippen molar-refractivity contribution in [1.29, 1.82) is 0 Å². The molecule has 0 radical (unpaired) electrons. The normalized spacial score (nSPS) is 22.2. The van der Waals surface area contributed by atoms with Crippen LogP contribution in [0.15, 0.2) is 24.7 Å². The molecule has 4 aromatic heterocycles. The SMILES string of the molecule is Cc1c(-c2[nH]c3ccc(C4CCC(NC5(C(O)N(C)C)CCCC5)CC4)nc3c2C(C)C)cn2ncnc2c1C. The lowest BCUT2D eigenvalue weighted by atomic mass is 9.82. The summed E-state index contributed by atoms with van der Waals surface area (Å²) in [5.74, 6) is 0.790. The number of nitrogens with one attached hydrogen (secondary N) is 2. The van der Waals surface area contributed by atoms with Crippen LogP contribution in [-0.4, -0.2) is 66.5 Å². The van der Waals surface area contributed by atoms with Crippen molar-refractivity contribution in [3.8, 4) is 11.3 Å². The van der Waals surface area contributed by atoms with E-state index in [1.54, 1.807) is 6.33 Å². The molecule has 8 nitrogen and oxygen atoms in total. The van der Waals surface area contributed by atoms with Gasteiger partial charge in [0.05, 0.1) is 22.3 Å². The molecule has 4 aromatic rings. The van der Waals surface area contributed by atoms with E-state index in [1.165, 1.54) is 29.7 Å². The fraction of sp³-hybridized carbons (Fsp3) is 0.594. The Balaban J connectivity index is 1.26. The van der Waals surface area contributed by atoms with Crippen LogP contribution in [0.5, 0.6) is 0 Å². The van der Waals surface area contributed by atoms with Gasteiger partial charge in [-0.25, -0.2) is 9.50 Å². The molecule has 0 amide bonds. The molecule has 2 saturated carbocycles. The highest BCUT2D eigenvalue weighted by atomic mass is 16.3. The maximum Gasteiger partial charge on any atom is 0.158 e. The second kappa shape index (κ2) is 10.5. The molecule has 8 heteroatoms. The molecular formula is C32H45N7O. The highest BCUT2D eigenvalue weighted by Gasteiger charge is 2.43. The summed E-state index contributed by atoms with van der Waals surface area (Å²) in [6, 6.07) is 4.92. The predicted molar refractivity (Wildman–Crippen MR) is 161 cm³/mol. The zero-order chi connectivity index (χ0) is 28.2. The third-order valence-corrected chi connectivity index (χ3v) is 9.79. The van der Waals surface area contributed by atoms with Crippen molar-refractivity contribution >= 4 is 16.7 Å². The maximum atomic E-state index is 11.0. The smallest absolute Gasteiger partial charge is 0.158 e. The van der Waals surface area contributed by atoms with Crippen LogP contribution in [0.3, 0.4) is 0 Å². The zero-order valence-electron chi connectivity index (χ0n) is 25.0. The number of hydrogen-bond donors (Lipinski definition) is 3. The van der Waals surface area contributed by atoms with Crippen molar-refractivity contribution < 1.29 is 5.11 Å². The van der Waals surface area contributed by atoms with Gasteiger partial charge in [-0.05, 0) is 95.6 Å². The summed E-state index contributed by atoms with van der Waals surface area (Å²) >= 11 is 0. The molecule has 3 N–H and O–H groups in total. The fourth-order valence-corrected chi connectivity index (χ4v) is 7.47. The molecule has 214 valence electrons. The first-order valence-electron chi connectivity index (χ1n) is 15.1. The Morgan fingerprint density at radius 2 is 1.80 bits per heavy atom. The second-order valence-electron chi connectivity index (χ2n) is 12.9. The Bertz CT molecular complexity index is 1500. The van der Waals surface area contributed by atoms with Crippen LogP contribution in [0.1, 0.15) is 99.4 Å². The molecule has 0 aliphatic heterocycles. The van der Waals surface area contributed by atoms with Crippen molar-refractivity contribution in [3.63, 3.8) is 0 Å². The zero-order valence-corrected chi connectivity index (χ0v) is 25.0. The van der Waals surface area contributed by atoms with Crippen molar-refractivity contribution in [2.45, 2.75) is 109 Å². The van der Waals surface area contributed by atoms with E-state index in [-0.39, 0.29) is 5.54 Å². The van der Waals surface area contributed by atoms with Gasteiger partial charge in [-0.15, -0.1) is 0 Å². The average Bonchev–Trinajstić information content (AvgIpc) is 3.69. The molecule has 0 spiro atoms. The van der Waals surface area contributed by atoms with Crippen molar-refractivity contribution in [2.75, 3.05) is 14.1 Å². The van der Waals surface area contributed by atoms with Crippen LogP contribution in [0, 0.1) is 13.8 Å². The van der Waals surface area contributed by atoms with E-state index in [0.717, 1.165) is 72.0 Å². The van der Waals surface area contributed by atoms with Crippen LogP contribution in [-0.2, 0) is 0 Å². The number of hydrogen-bond acceptors (Lipinski definition) is 6. The van der Waals surface area contributed by atoms with Gasteiger partial charge in [-0.1, -0.05) is 26.7 Å². The molecule has 40 heavy (non-hydrogen) atoms. The molecule has 0 saturated heterocycles. The second-order valence-corrected chi connectivity index (χ2v) is 12.9. The molecule has 4 heterocycles. The van der Waals surface area contributed by atoms with E-state index < -0.39 is 6.23 Å². The van der Waals surface area contributed by atoms with Gasteiger partial charge in [-0.2, -0.15) is 5.10 Å². The number of aromatic amines is 1. The van der Waals surface area contributed by atoms with Crippen molar-refractivity contribution in [1.82, 2.24) is 34.8 Å². The van der Waals surface area contributed by atoms with E-state index in [0.29, 0.717) is 17.9 Å². The molecule has 1 unspecified atom stereocenters. The van der Waals surface area contributed by atoms with Gasteiger partial charge in [0.15, 0.2) is 5.65 Å². The number of H-pyrrole nitrogens is 1. The Morgan fingerprint density at radius 3 is 2.48 bits per heavy atom. The number of nitrogens with zero attached hydrogens (tertiary/aromatic N) is 5. The van der Waals surface area contributed by atoms with Crippen LogP contribution >= 0.6 is 0 Å². The molecule has 0 bridgehead atoms. The number of rotatable bonds is 7. The highest BCUT2D eigenvalue weighted by molar-refractivity contribution is 5.89. The molecule has 2 fully saturated rings. The Labute approximate surface area is 237 Å². The minimum absolute atomic E-state index is 0.169. The van der Waals surface area contributed by atoms with Gasteiger partial charge in [0, 0.05) is 35.0 Å². The fourth-order valence-electron chi connectivity index (χ4n) is 7.47. The Kier molecular flexibility index (Phi) is 7.21. The quantitative estimate of drug-likeness (QED) is 0.254. The lowest BCUT2D eigenvalue weighted by Crippen LogP contribution is -2.60. The van der Waals surface area contributed by atoms with E-state index in [4.69, 9.17) is 4.98 Å². The Hall–Kier alpha value is -2.81. The largest absolute Gasteiger partial charge is 0.376 e. The predicted octanol–water partition coefficient (Wildman–Crippen LogP) is 5.82. The molecule has 2 aliphatic rings. The van der Waals surface area contributed by atoms with Crippen LogP contribution < -0.4 is 5.32 Å². The molecule has 1 atom stereocenters. The summed E-state index contributed by atoms with van der Waals surface area (Å²) in [5.41, 5.74) is 10.1. The number of aromatic nitrogens is 5. The minimum Gasteiger partial charge on any atom is -0.376 e. The third kappa shape index (κ3) is 4.64. The van der Waals surface area contributed by atoms with Crippen LogP contribution in [0.25, 0.3) is 27.9 Å². The molecular weight excluding hydrogens is 498 g/mol. The molecule has 0 aromatic carbocycles. The number of likely N-dealkylation sites (N-methyl/N-ethyl adjacent to an activating group) is 1. The van der Waals surface area contributed by atoms with Gasteiger partial charge in [-0.3, -0.25) is 9.88 Å². The summed E-state index contributed by atoms with van der Waals surface area (Å²) in [4.78, 5) is 15.5. The first kappa shape index (κ1) is 27.4.